The number of hydrogen-bond donors (Lipinski definition) is 1. The van der Waals surface area contributed by atoms with E-state index in [0.29, 0.717) is 0 Å². The number of hydrogen-bond acceptors (Lipinski definition) is 2. The van der Waals surface area contributed by atoms with Crippen LogP contribution >= 0.6 is 0 Å². The summed E-state index contributed by atoms with van der Waals surface area (Å²) in [5.41, 5.74) is 3.90. The molecule has 1 N–H and O–H groups in total. The lowest BCUT2D eigenvalue weighted by molar-refractivity contribution is 0.283. The molecule has 0 aliphatic heterocycles. The number of aliphatic hydroxyl groups excluding tert-OH is 1. The van der Waals surface area contributed by atoms with Crippen molar-refractivity contribution in [3.05, 3.63) is 66.2 Å². The first kappa shape index (κ1) is 10.9. The minimum atomic E-state index is 0.0453. The van der Waals surface area contributed by atoms with E-state index in [2.05, 4.69) is 4.98 Å². The Bertz CT molecular complexity index is 677. The molecule has 3 rings (SSSR count). The number of fused-ring (bicyclic) bond motifs is 1. The highest BCUT2D eigenvalue weighted by atomic mass is 16.3. The van der Waals surface area contributed by atoms with Crippen molar-refractivity contribution in [3.8, 4) is 11.3 Å². The van der Waals surface area contributed by atoms with Gasteiger partial charge in [0.1, 0.15) is 0 Å². The van der Waals surface area contributed by atoms with E-state index in [-0.39, 0.29) is 6.61 Å². The summed E-state index contributed by atoms with van der Waals surface area (Å²) in [6.07, 6.45) is 0. The van der Waals surface area contributed by atoms with E-state index in [4.69, 9.17) is 0 Å². The number of nitrogens with zero attached hydrogens (tertiary/aromatic N) is 1. The van der Waals surface area contributed by atoms with E-state index in [9.17, 15) is 5.11 Å². The second-order valence-electron chi connectivity index (χ2n) is 4.20. The van der Waals surface area contributed by atoms with E-state index < -0.39 is 0 Å². The number of rotatable bonds is 2. The van der Waals surface area contributed by atoms with Crippen molar-refractivity contribution in [3.63, 3.8) is 0 Å². The maximum absolute atomic E-state index is 9.29. The molecule has 0 amide bonds. The second-order valence-corrected chi connectivity index (χ2v) is 4.20. The van der Waals surface area contributed by atoms with Crippen LogP contribution in [-0.2, 0) is 6.61 Å². The first-order valence-electron chi connectivity index (χ1n) is 5.93. The van der Waals surface area contributed by atoms with Gasteiger partial charge in [-0.05, 0) is 17.7 Å². The average molecular weight is 235 g/mol. The first-order valence-corrected chi connectivity index (χ1v) is 5.93. The SMILES string of the molecule is OCc1cccc2nc(-c3ccccc3)ccc12. The molecule has 88 valence electrons. The van der Waals surface area contributed by atoms with Crippen LogP contribution in [0, 0.1) is 0 Å². The fraction of sp³-hybridized carbons (Fsp3) is 0.0625. The summed E-state index contributed by atoms with van der Waals surface area (Å²) in [7, 11) is 0. The van der Waals surface area contributed by atoms with E-state index >= 15 is 0 Å². The summed E-state index contributed by atoms with van der Waals surface area (Å²) in [4.78, 5) is 4.64. The molecule has 2 aromatic carbocycles. The molecule has 0 spiro atoms. The van der Waals surface area contributed by atoms with Gasteiger partial charge in [-0.3, -0.25) is 0 Å². The fourth-order valence-corrected chi connectivity index (χ4v) is 2.13. The first-order chi connectivity index (χ1) is 8.88. The molecule has 1 aromatic heterocycles. The molecule has 0 aliphatic rings. The number of aromatic nitrogens is 1. The summed E-state index contributed by atoms with van der Waals surface area (Å²) < 4.78 is 0. The van der Waals surface area contributed by atoms with Crippen LogP contribution in [-0.4, -0.2) is 10.1 Å². The molecule has 0 aliphatic carbocycles. The highest BCUT2D eigenvalue weighted by Crippen LogP contribution is 2.22. The van der Waals surface area contributed by atoms with Gasteiger partial charge >= 0.3 is 0 Å². The lowest BCUT2D eigenvalue weighted by atomic mass is 10.1. The summed E-state index contributed by atoms with van der Waals surface area (Å²) in [5, 5.41) is 10.3. The second kappa shape index (κ2) is 4.59. The Morgan fingerprint density at radius 1 is 0.833 bits per heavy atom. The molecule has 0 atom stereocenters. The van der Waals surface area contributed by atoms with Crippen LogP contribution < -0.4 is 0 Å². The smallest absolute Gasteiger partial charge is 0.0713 e. The molecule has 0 fully saturated rings. The van der Waals surface area contributed by atoms with E-state index in [1.807, 2.05) is 60.7 Å². The van der Waals surface area contributed by atoms with Gasteiger partial charge in [-0.25, -0.2) is 4.98 Å². The number of benzene rings is 2. The van der Waals surface area contributed by atoms with Gasteiger partial charge in [0.25, 0.3) is 0 Å². The standard InChI is InChI=1S/C16H13NO/c18-11-13-7-4-8-16-14(13)9-10-15(17-16)12-5-2-1-3-6-12/h1-10,18H,11H2. The Morgan fingerprint density at radius 2 is 1.67 bits per heavy atom. The zero-order chi connectivity index (χ0) is 12.4. The lowest BCUT2D eigenvalue weighted by Gasteiger charge is -2.06. The van der Waals surface area contributed by atoms with Crippen LogP contribution in [0.5, 0.6) is 0 Å². The molecular weight excluding hydrogens is 222 g/mol. The van der Waals surface area contributed by atoms with Gasteiger partial charge in [-0.2, -0.15) is 0 Å². The van der Waals surface area contributed by atoms with Gasteiger partial charge in [0.05, 0.1) is 17.8 Å². The summed E-state index contributed by atoms with van der Waals surface area (Å²) in [5.74, 6) is 0. The van der Waals surface area contributed by atoms with Crippen LogP contribution in [0.2, 0.25) is 0 Å². The minimum Gasteiger partial charge on any atom is -0.392 e. The molecule has 18 heavy (non-hydrogen) atoms. The van der Waals surface area contributed by atoms with Crippen molar-refractivity contribution in [2.45, 2.75) is 6.61 Å². The Labute approximate surface area is 106 Å². The van der Waals surface area contributed by atoms with Crippen molar-refractivity contribution >= 4 is 10.9 Å². The largest absolute Gasteiger partial charge is 0.392 e. The maximum atomic E-state index is 9.29. The molecule has 2 nitrogen and oxygen atoms in total. The maximum Gasteiger partial charge on any atom is 0.0713 e. The zero-order valence-corrected chi connectivity index (χ0v) is 9.88. The molecule has 0 radical (unpaired) electrons. The predicted molar refractivity (Wildman–Crippen MR) is 73.1 cm³/mol. The van der Waals surface area contributed by atoms with Gasteiger partial charge < -0.3 is 5.11 Å². The van der Waals surface area contributed by atoms with Crippen molar-refractivity contribution in [1.29, 1.82) is 0 Å². The normalized spacial score (nSPS) is 10.7. The highest BCUT2D eigenvalue weighted by Gasteiger charge is 2.03. The van der Waals surface area contributed by atoms with E-state index in [1.165, 1.54) is 0 Å². The average Bonchev–Trinajstić information content (AvgIpc) is 2.47. The van der Waals surface area contributed by atoms with Gasteiger partial charge in [0, 0.05) is 10.9 Å². The third kappa shape index (κ3) is 1.87. The van der Waals surface area contributed by atoms with E-state index in [1.54, 1.807) is 0 Å². The van der Waals surface area contributed by atoms with Gasteiger partial charge in [0.2, 0.25) is 0 Å². The minimum absolute atomic E-state index is 0.0453. The molecule has 0 saturated heterocycles. The monoisotopic (exact) mass is 235 g/mol. The van der Waals surface area contributed by atoms with Crippen molar-refractivity contribution in [2.75, 3.05) is 0 Å². The van der Waals surface area contributed by atoms with Crippen LogP contribution in [0.15, 0.2) is 60.7 Å². The van der Waals surface area contributed by atoms with Crippen LogP contribution in [0.25, 0.3) is 22.2 Å². The van der Waals surface area contributed by atoms with Gasteiger partial charge in [0.15, 0.2) is 0 Å². The molecule has 0 unspecified atom stereocenters. The molecule has 0 saturated carbocycles. The molecule has 1 heterocycles. The van der Waals surface area contributed by atoms with Gasteiger partial charge in [-0.1, -0.05) is 48.5 Å². The highest BCUT2D eigenvalue weighted by molar-refractivity contribution is 5.84. The summed E-state index contributed by atoms with van der Waals surface area (Å²) in [6, 6.07) is 19.9. The zero-order valence-electron chi connectivity index (χ0n) is 9.88. The molecule has 3 aromatic rings. The summed E-state index contributed by atoms with van der Waals surface area (Å²) in [6.45, 7) is 0.0453. The van der Waals surface area contributed by atoms with Gasteiger partial charge in [-0.15, -0.1) is 0 Å². The van der Waals surface area contributed by atoms with Crippen molar-refractivity contribution < 1.29 is 5.11 Å². The third-order valence-corrected chi connectivity index (χ3v) is 3.06. The van der Waals surface area contributed by atoms with Crippen LogP contribution in [0.1, 0.15) is 5.56 Å². The van der Waals surface area contributed by atoms with Crippen molar-refractivity contribution in [1.82, 2.24) is 4.98 Å². The Morgan fingerprint density at radius 3 is 2.44 bits per heavy atom. The molecule has 2 heteroatoms. The molecule has 0 bridgehead atoms. The van der Waals surface area contributed by atoms with E-state index in [0.717, 1.165) is 27.7 Å². The Balaban J connectivity index is 2.18. The predicted octanol–water partition coefficient (Wildman–Crippen LogP) is 3.39. The third-order valence-electron chi connectivity index (χ3n) is 3.06. The van der Waals surface area contributed by atoms with Crippen LogP contribution in [0.3, 0.4) is 0 Å². The fourth-order valence-electron chi connectivity index (χ4n) is 2.13. The Kier molecular flexibility index (Phi) is 2.79. The summed E-state index contributed by atoms with van der Waals surface area (Å²) >= 11 is 0. The quantitative estimate of drug-likeness (QED) is 0.738. The van der Waals surface area contributed by atoms with Crippen molar-refractivity contribution in [2.24, 2.45) is 0 Å². The number of aliphatic hydroxyl groups is 1. The molecular formula is C16H13NO. The lowest BCUT2D eigenvalue weighted by Crippen LogP contribution is -1.89. The number of pyridine rings is 1. The van der Waals surface area contributed by atoms with Crippen LogP contribution in [0.4, 0.5) is 0 Å². The topological polar surface area (TPSA) is 33.1 Å². The Hall–Kier alpha value is -2.19.